The number of benzene rings is 2. The van der Waals surface area contributed by atoms with Crippen LogP contribution >= 0.6 is 11.3 Å². The van der Waals surface area contributed by atoms with E-state index in [0.29, 0.717) is 13.0 Å². The Hall–Kier alpha value is -2.93. The number of aryl methyl sites for hydroxylation is 1. The lowest BCUT2D eigenvalue weighted by molar-refractivity contribution is -0.148. The molecule has 0 fully saturated rings. The van der Waals surface area contributed by atoms with Crippen molar-refractivity contribution >= 4 is 33.4 Å². The van der Waals surface area contributed by atoms with E-state index in [2.05, 4.69) is 10.3 Å². The van der Waals surface area contributed by atoms with Gasteiger partial charge in [0.1, 0.15) is 5.75 Å². The van der Waals surface area contributed by atoms with E-state index in [-0.39, 0.29) is 18.9 Å². The largest absolute Gasteiger partial charge is 0.497 e. The molecule has 1 aromatic heterocycles. The average Bonchev–Trinajstić information content (AvgIpc) is 3.12. The molecule has 0 saturated heterocycles. The molecule has 27 heavy (non-hydrogen) atoms. The molecule has 1 heterocycles. The zero-order valence-corrected chi connectivity index (χ0v) is 15.8. The van der Waals surface area contributed by atoms with Crippen LogP contribution < -0.4 is 10.1 Å². The number of carbonyl (C=O) groups is 2. The van der Waals surface area contributed by atoms with Gasteiger partial charge in [0, 0.05) is 13.0 Å². The molecule has 0 aliphatic carbocycles. The van der Waals surface area contributed by atoms with E-state index in [1.54, 1.807) is 18.4 Å². The van der Waals surface area contributed by atoms with Crippen LogP contribution in [0.4, 0.5) is 0 Å². The Bertz CT molecular complexity index is 905. The Morgan fingerprint density at radius 2 is 2.00 bits per heavy atom. The van der Waals surface area contributed by atoms with Crippen LogP contribution in [0.15, 0.2) is 48.5 Å². The number of methoxy groups -OCH3 is 1. The fourth-order valence-electron chi connectivity index (χ4n) is 2.49. The smallest absolute Gasteiger partial charge is 0.306 e. The first kappa shape index (κ1) is 18.8. The first-order valence-electron chi connectivity index (χ1n) is 8.54. The second-order valence-electron chi connectivity index (χ2n) is 5.86. The summed E-state index contributed by atoms with van der Waals surface area (Å²) in [6.45, 7) is 0.0575. The normalized spacial score (nSPS) is 10.6. The maximum Gasteiger partial charge on any atom is 0.306 e. The predicted molar refractivity (Wildman–Crippen MR) is 104 cm³/mol. The Balaban J connectivity index is 1.38. The van der Waals surface area contributed by atoms with Crippen LogP contribution in [0.3, 0.4) is 0 Å². The lowest BCUT2D eigenvalue weighted by atomic mass is 10.2. The van der Waals surface area contributed by atoms with Gasteiger partial charge >= 0.3 is 5.97 Å². The molecular formula is C20H20N2O4S. The molecule has 0 atom stereocenters. The zero-order chi connectivity index (χ0) is 19.1. The molecule has 6 nitrogen and oxygen atoms in total. The summed E-state index contributed by atoms with van der Waals surface area (Å²) in [6, 6.07) is 15.2. The van der Waals surface area contributed by atoms with Crippen LogP contribution in [0.5, 0.6) is 5.75 Å². The Labute approximate surface area is 161 Å². The number of aromatic nitrogens is 1. The number of carbonyl (C=O) groups excluding carboxylic acids is 2. The first-order chi connectivity index (χ1) is 13.1. The highest BCUT2D eigenvalue weighted by atomic mass is 32.1. The summed E-state index contributed by atoms with van der Waals surface area (Å²) >= 11 is 1.56. The van der Waals surface area contributed by atoms with Crippen molar-refractivity contribution in [1.29, 1.82) is 0 Å². The van der Waals surface area contributed by atoms with Gasteiger partial charge < -0.3 is 14.8 Å². The van der Waals surface area contributed by atoms with E-state index in [4.69, 9.17) is 9.47 Å². The van der Waals surface area contributed by atoms with Gasteiger partial charge in [0.15, 0.2) is 6.61 Å². The number of hydrogen-bond donors (Lipinski definition) is 1. The highest BCUT2D eigenvalue weighted by Gasteiger charge is 2.10. The van der Waals surface area contributed by atoms with E-state index in [9.17, 15) is 9.59 Å². The molecule has 0 aliphatic rings. The molecule has 0 radical (unpaired) electrons. The number of amides is 1. The van der Waals surface area contributed by atoms with Crippen molar-refractivity contribution in [3.63, 3.8) is 0 Å². The number of hydrogen-bond acceptors (Lipinski definition) is 6. The molecule has 1 N–H and O–H groups in total. The maximum absolute atomic E-state index is 11.9. The van der Waals surface area contributed by atoms with Gasteiger partial charge in [-0.05, 0) is 29.8 Å². The zero-order valence-electron chi connectivity index (χ0n) is 14.9. The fourth-order valence-corrected chi connectivity index (χ4v) is 3.45. The Morgan fingerprint density at radius 3 is 2.81 bits per heavy atom. The third kappa shape index (κ3) is 5.52. The highest BCUT2D eigenvalue weighted by molar-refractivity contribution is 7.18. The number of rotatable bonds is 8. The number of nitrogens with one attached hydrogen (secondary N) is 1. The van der Waals surface area contributed by atoms with Crippen molar-refractivity contribution in [2.45, 2.75) is 19.4 Å². The predicted octanol–water partition coefficient (Wildman–Crippen LogP) is 3.10. The van der Waals surface area contributed by atoms with Crippen molar-refractivity contribution < 1.29 is 19.1 Å². The lowest BCUT2D eigenvalue weighted by Gasteiger charge is -2.07. The minimum atomic E-state index is -0.411. The van der Waals surface area contributed by atoms with Crippen molar-refractivity contribution in [3.8, 4) is 5.75 Å². The lowest BCUT2D eigenvalue weighted by Crippen LogP contribution is -2.28. The third-order valence-electron chi connectivity index (χ3n) is 3.87. The summed E-state index contributed by atoms with van der Waals surface area (Å²) in [6.07, 6.45) is 0.701. The van der Waals surface area contributed by atoms with Gasteiger partial charge in [0.2, 0.25) is 0 Å². The monoisotopic (exact) mass is 384 g/mol. The van der Waals surface area contributed by atoms with Crippen molar-refractivity contribution in [2.75, 3.05) is 13.7 Å². The molecular weight excluding hydrogens is 364 g/mol. The molecule has 0 bridgehead atoms. The van der Waals surface area contributed by atoms with Gasteiger partial charge in [-0.3, -0.25) is 9.59 Å². The number of ether oxygens (including phenoxy) is 2. The summed E-state index contributed by atoms with van der Waals surface area (Å²) < 4.78 is 11.3. The second-order valence-corrected chi connectivity index (χ2v) is 6.98. The van der Waals surface area contributed by atoms with Gasteiger partial charge in [0.25, 0.3) is 5.91 Å². The summed E-state index contributed by atoms with van der Waals surface area (Å²) in [5, 5.41) is 3.60. The quantitative estimate of drug-likeness (QED) is 0.604. The van der Waals surface area contributed by atoms with Crippen LogP contribution in [0.25, 0.3) is 10.2 Å². The van der Waals surface area contributed by atoms with Gasteiger partial charge in [-0.2, -0.15) is 0 Å². The number of nitrogens with zero attached hydrogens (tertiary/aromatic N) is 1. The minimum Gasteiger partial charge on any atom is -0.497 e. The Kier molecular flexibility index (Phi) is 6.38. The molecule has 0 spiro atoms. The SMILES string of the molecule is COc1cccc(CNC(=O)COC(=O)CCc2nc3ccccc3s2)c1. The molecule has 0 aliphatic heterocycles. The topological polar surface area (TPSA) is 77.5 Å². The van der Waals surface area contributed by atoms with E-state index < -0.39 is 5.97 Å². The van der Waals surface area contributed by atoms with Gasteiger partial charge in [0.05, 0.1) is 28.8 Å². The number of fused-ring (bicyclic) bond motifs is 1. The average molecular weight is 384 g/mol. The summed E-state index contributed by atoms with van der Waals surface area (Å²) in [4.78, 5) is 28.2. The highest BCUT2D eigenvalue weighted by Crippen LogP contribution is 2.22. The second kappa shape index (κ2) is 9.14. The fraction of sp³-hybridized carbons (Fsp3) is 0.250. The molecule has 3 aromatic rings. The Morgan fingerprint density at radius 1 is 1.15 bits per heavy atom. The van der Waals surface area contributed by atoms with E-state index in [0.717, 1.165) is 26.5 Å². The first-order valence-corrected chi connectivity index (χ1v) is 9.35. The van der Waals surface area contributed by atoms with Gasteiger partial charge in [-0.15, -0.1) is 11.3 Å². The summed E-state index contributed by atoms with van der Waals surface area (Å²) in [7, 11) is 1.59. The standard InChI is InChI=1S/C20H20N2O4S/c1-25-15-6-4-5-14(11-15)12-21-18(23)13-26-20(24)10-9-19-22-16-7-2-3-8-17(16)27-19/h2-8,11H,9-10,12-13H2,1H3,(H,21,23). The van der Waals surface area contributed by atoms with Crippen LogP contribution in [0.1, 0.15) is 17.0 Å². The van der Waals surface area contributed by atoms with Crippen LogP contribution in [-0.4, -0.2) is 30.6 Å². The van der Waals surface area contributed by atoms with E-state index in [1.165, 1.54) is 0 Å². The summed E-state index contributed by atoms with van der Waals surface area (Å²) in [5.41, 5.74) is 1.84. The maximum atomic E-state index is 11.9. The van der Waals surface area contributed by atoms with Crippen LogP contribution in [0.2, 0.25) is 0 Å². The van der Waals surface area contributed by atoms with E-state index >= 15 is 0 Å². The number of thiazole rings is 1. The molecule has 0 saturated carbocycles. The molecule has 140 valence electrons. The molecule has 2 aromatic carbocycles. The molecule has 0 unspecified atom stereocenters. The van der Waals surface area contributed by atoms with E-state index in [1.807, 2.05) is 48.5 Å². The van der Waals surface area contributed by atoms with Crippen molar-refractivity contribution in [3.05, 3.63) is 59.1 Å². The molecule has 7 heteroatoms. The van der Waals surface area contributed by atoms with Crippen LogP contribution in [0, 0.1) is 0 Å². The number of para-hydroxylation sites is 1. The van der Waals surface area contributed by atoms with Gasteiger partial charge in [-0.1, -0.05) is 24.3 Å². The van der Waals surface area contributed by atoms with Crippen LogP contribution in [-0.2, 0) is 27.3 Å². The summed E-state index contributed by atoms with van der Waals surface area (Å²) in [5.74, 6) is -0.0278. The third-order valence-corrected chi connectivity index (χ3v) is 4.97. The molecule has 1 amide bonds. The minimum absolute atomic E-state index is 0.197. The van der Waals surface area contributed by atoms with Gasteiger partial charge in [-0.25, -0.2) is 4.98 Å². The number of esters is 1. The van der Waals surface area contributed by atoms with Crippen molar-refractivity contribution in [2.24, 2.45) is 0 Å². The van der Waals surface area contributed by atoms with Crippen molar-refractivity contribution in [1.82, 2.24) is 10.3 Å². The molecule has 3 rings (SSSR count).